The molecule has 1 aromatic carbocycles. The van der Waals surface area contributed by atoms with Gasteiger partial charge >= 0.3 is 0 Å². The van der Waals surface area contributed by atoms with Gasteiger partial charge in [-0.1, -0.05) is 24.3 Å². The van der Waals surface area contributed by atoms with E-state index in [0.717, 1.165) is 0 Å². The first-order valence-corrected chi connectivity index (χ1v) is 9.73. The maximum Gasteiger partial charge on any atom is 0.274 e. The fourth-order valence-corrected chi connectivity index (χ4v) is 3.29. The van der Waals surface area contributed by atoms with E-state index < -0.39 is 11.8 Å². The molecule has 0 fully saturated rings. The molecule has 0 bridgehead atoms. The number of carbonyl (C=O) groups is 2. The molecule has 0 radical (unpaired) electrons. The van der Waals surface area contributed by atoms with Gasteiger partial charge in [-0.15, -0.1) is 0 Å². The van der Waals surface area contributed by atoms with E-state index in [0.29, 0.717) is 15.7 Å². The summed E-state index contributed by atoms with van der Waals surface area (Å²) in [4.78, 5) is 29.5. The van der Waals surface area contributed by atoms with Crippen LogP contribution < -0.4 is 10.6 Å². The second-order valence-corrected chi connectivity index (χ2v) is 7.14. The van der Waals surface area contributed by atoms with Gasteiger partial charge in [-0.3, -0.25) is 14.6 Å². The molecule has 0 aliphatic rings. The van der Waals surface area contributed by atoms with Gasteiger partial charge in [-0.25, -0.2) is 4.68 Å². The third-order valence-corrected chi connectivity index (χ3v) is 4.66. The Kier molecular flexibility index (Phi) is 7.69. The highest BCUT2D eigenvalue weighted by Gasteiger charge is 2.23. The van der Waals surface area contributed by atoms with E-state index in [9.17, 15) is 14.9 Å². The summed E-state index contributed by atoms with van der Waals surface area (Å²) in [6.45, 7) is 5.29. The second kappa shape index (κ2) is 10.0. The van der Waals surface area contributed by atoms with E-state index in [2.05, 4.69) is 43.2 Å². The summed E-state index contributed by atoms with van der Waals surface area (Å²) in [6.07, 6.45) is 3.01. The number of aromatic nitrogens is 2. The number of carbonyl (C=O) groups excluding carboxylic acids is 2. The summed E-state index contributed by atoms with van der Waals surface area (Å²) in [6, 6.07) is 6.49. The van der Waals surface area contributed by atoms with E-state index >= 15 is 0 Å². The normalized spacial score (nSPS) is 11.6. The molecule has 1 heterocycles. The summed E-state index contributed by atoms with van der Waals surface area (Å²) in [5.41, 5.74) is 1.44. The molecular formula is C20H18BrClN6O2. The van der Waals surface area contributed by atoms with Crippen LogP contribution in [0.1, 0.15) is 32.0 Å². The molecule has 1 aromatic heterocycles. The molecule has 2 N–H and O–H groups in total. The zero-order valence-electron chi connectivity index (χ0n) is 16.5. The number of hydrogen-bond acceptors (Lipinski definition) is 5. The van der Waals surface area contributed by atoms with Crippen molar-refractivity contribution in [3.05, 3.63) is 68.9 Å². The van der Waals surface area contributed by atoms with Crippen LogP contribution in [0.15, 0.2) is 51.6 Å². The Bertz CT molecular complexity index is 1130. The molecule has 0 atom stereocenters. The Morgan fingerprint density at radius 2 is 2.07 bits per heavy atom. The summed E-state index contributed by atoms with van der Waals surface area (Å²) in [7, 11) is 2.98. The Balaban J connectivity index is 2.56. The lowest BCUT2D eigenvalue weighted by Crippen LogP contribution is -2.26. The summed E-state index contributed by atoms with van der Waals surface area (Å²) >= 11 is 9.49. The standard InChI is InChI=1S/C20H18BrClN6O2/c1-5-6-14(22)18(24-3)28-15(9-16(21)27-28)20(30)26-17-11(2)7-12(10-23)8-13(17)19(29)25-4/h5-9H,1H2,2-4H3,(H,25,29)(H,26,30)/b14-6+,24-18?. The minimum absolute atomic E-state index is 0.129. The fourth-order valence-electron chi connectivity index (χ4n) is 2.67. The number of nitrogens with zero attached hydrogens (tertiary/aromatic N) is 4. The average molecular weight is 490 g/mol. The molecule has 8 nitrogen and oxygen atoms in total. The van der Waals surface area contributed by atoms with Crippen LogP contribution in [-0.2, 0) is 0 Å². The van der Waals surface area contributed by atoms with E-state index in [1.165, 1.54) is 43.1 Å². The quantitative estimate of drug-likeness (QED) is 0.379. The number of rotatable bonds is 5. The molecule has 0 spiro atoms. The minimum atomic E-state index is -0.546. The van der Waals surface area contributed by atoms with Crippen LogP contribution >= 0.6 is 27.5 Å². The van der Waals surface area contributed by atoms with Crippen molar-refractivity contribution in [2.75, 3.05) is 19.4 Å². The van der Waals surface area contributed by atoms with E-state index in [1.54, 1.807) is 13.0 Å². The molecule has 2 aromatic rings. The molecule has 30 heavy (non-hydrogen) atoms. The van der Waals surface area contributed by atoms with Gasteiger partial charge in [-0.2, -0.15) is 10.4 Å². The molecule has 10 heteroatoms. The number of allylic oxidation sites excluding steroid dienone is 3. The average Bonchev–Trinajstić information content (AvgIpc) is 3.10. The predicted molar refractivity (Wildman–Crippen MR) is 120 cm³/mol. The molecule has 0 aliphatic carbocycles. The molecule has 2 amide bonds. The number of nitrogens with one attached hydrogen (secondary N) is 2. The van der Waals surface area contributed by atoms with Gasteiger partial charge < -0.3 is 10.6 Å². The van der Waals surface area contributed by atoms with Crippen LogP contribution in [0.3, 0.4) is 0 Å². The van der Waals surface area contributed by atoms with Crippen molar-refractivity contribution in [3.63, 3.8) is 0 Å². The van der Waals surface area contributed by atoms with Crippen molar-refractivity contribution in [2.45, 2.75) is 6.92 Å². The van der Waals surface area contributed by atoms with Gasteiger partial charge in [0.05, 0.1) is 27.9 Å². The number of amides is 2. The number of aliphatic imine (C=N–C) groups is 1. The van der Waals surface area contributed by atoms with Crippen molar-refractivity contribution in [3.8, 4) is 6.07 Å². The zero-order valence-corrected chi connectivity index (χ0v) is 18.8. The Morgan fingerprint density at radius 3 is 2.63 bits per heavy atom. The summed E-state index contributed by atoms with van der Waals surface area (Å²) in [5.74, 6) is -0.751. The van der Waals surface area contributed by atoms with E-state index in [1.807, 2.05) is 6.07 Å². The smallest absolute Gasteiger partial charge is 0.274 e. The maximum atomic E-state index is 13.1. The van der Waals surface area contributed by atoms with Gasteiger partial charge in [0.25, 0.3) is 11.8 Å². The fraction of sp³-hybridized carbons (Fsp3) is 0.150. The third kappa shape index (κ3) is 4.84. The lowest BCUT2D eigenvalue weighted by atomic mass is 10.0. The van der Waals surface area contributed by atoms with Crippen LogP contribution in [0.5, 0.6) is 0 Å². The number of benzene rings is 1. The molecule has 0 unspecified atom stereocenters. The largest absolute Gasteiger partial charge is 0.355 e. The first kappa shape index (κ1) is 23.1. The Morgan fingerprint density at radius 1 is 1.37 bits per heavy atom. The minimum Gasteiger partial charge on any atom is -0.355 e. The highest BCUT2D eigenvalue weighted by Crippen LogP contribution is 2.24. The van der Waals surface area contributed by atoms with Crippen LogP contribution in [0.25, 0.3) is 0 Å². The number of hydrogen-bond donors (Lipinski definition) is 2. The van der Waals surface area contributed by atoms with Crippen LogP contribution in [-0.4, -0.2) is 41.5 Å². The van der Waals surface area contributed by atoms with Crippen LogP contribution in [0.2, 0.25) is 0 Å². The third-order valence-electron chi connectivity index (χ3n) is 3.98. The lowest BCUT2D eigenvalue weighted by molar-refractivity contribution is 0.0964. The first-order valence-electron chi connectivity index (χ1n) is 8.56. The van der Waals surface area contributed by atoms with Crippen molar-refractivity contribution in [2.24, 2.45) is 4.99 Å². The van der Waals surface area contributed by atoms with Crippen molar-refractivity contribution in [1.29, 1.82) is 5.26 Å². The van der Waals surface area contributed by atoms with Crippen LogP contribution in [0.4, 0.5) is 5.69 Å². The number of anilines is 1. The van der Waals surface area contributed by atoms with Crippen molar-refractivity contribution in [1.82, 2.24) is 15.1 Å². The van der Waals surface area contributed by atoms with Gasteiger partial charge in [0.15, 0.2) is 5.84 Å². The summed E-state index contributed by atoms with van der Waals surface area (Å²) < 4.78 is 1.67. The monoisotopic (exact) mass is 488 g/mol. The number of nitriles is 1. The number of halogens is 2. The predicted octanol–water partition coefficient (Wildman–Crippen LogP) is 3.62. The van der Waals surface area contributed by atoms with Gasteiger partial charge in [0.1, 0.15) is 10.3 Å². The van der Waals surface area contributed by atoms with Crippen LogP contribution in [0, 0.1) is 18.3 Å². The SMILES string of the molecule is C=C/C=C(/Cl)C(=NC)n1nc(Br)cc1C(=O)Nc1c(C)cc(C#N)cc1C(=O)NC. The highest BCUT2D eigenvalue weighted by atomic mass is 79.9. The molecule has 0 aliphatic heterocycles. The topological polar surface area (TPSA) is 112 Å². The van der Waals surface area contributed by atoms with Gasteiger partial charge in [-0.05, 0) is 46.6 Å². The Hall–Kier alpha value is -3.22. The molecule has 154 valence electrons. The van der Waals surface area contributed by atoms with E-state index in [4.69, 9.17) is 11.6 Å². The Labute approximate surface area is 187 Å². The maximum absolute atomic E-state index is 13.1. The second-order valence-electron chi connectivity index (χ2n) is 5.92. The molecular weight excluding hydrogens is 472 g/mol. The van der Waals surface area contributed by atoms with Gasteiger partial charge in [0.2, 0.25) is 0 Å². The van der Waals surface area contributed by atoms with Gasteiger partial charge in [0, 0.05) is 20.2 Å². The first-order chi connectivity index (χ1) is 14.3. The lowest BCUT2D eigenvalue weighted by Gasteiger charge is -2.15. The zero-order chi connectivity index (χ0) is 22.4. The number of aryl methyl sites for hydroxylation is 1. The highest BCUT2D eigenvalue weighted by molar-refractivity contribution is 9.10. The summed E-state index contributed by atoms with van der Waals surface area (Å²) in [5, 5.41) is 18.9. The molecule has 2 rings (SSSR count). The van der Waals surface area contributed by atoms with E-state index in [-0.39, 0.29) is 27.8 Å². The van der Waals surface area contributed by atoms with Crippen molar-refractivity contribution >= 4 is 50.9 Å². The molecule has 0 saturated carbocycles. The van der Waals surface area contributed by atoms with Crippen molar-refractivity contribution < 1.29 is 9.59 Å². The molecule has 0 saturated heterocycles.